The number of rotatable bonds is 4. The molecule has 5 rings (SSSR count). The van der Waals surface area contributed by atoms with Crippen LogP contribution in [0.15, 0.2) is 30.7 Å². The summed E-state index contributed by atoms with van der Waals surface area (Å²) in [7, 11) is 0. The normalized spacial score (nSPS) is 17.1. The Morgan fingerprint density at radius 3 is 2.62 bits per heavy atom. The number of hydrogen-bond donors (Lipinski definition) is 2. The molecule has 2 amide bonds. The predicted octanol–water partition coefficient (Wildman–Crippen LogP) is 3.28. The minimum Gasteiger partial charge on any atom is -0.378 e. The first-order valence-corrected chi connectivity index (χ1v) is 11.5. The van der Waals surface area contributed by atoms with E-state index >= 15 is 0 Å². The zero-order valence-electron chi connectivity index (χ0n) is 18.4. The number of morpholine rings is 1. The van der Waals surface area contributed by atoms with Crippen molar-refractivity contribution < 1.29 is 13.9 Å². The fourth-order valence-corrected chi connectivity index (χ4v) is 4.26. The van der Waals surface area contributed by atoms with Gasteiger partial charge in [0.25, 0.3) is 0 Å². The maximum Gasteiger partial charge on any atom is 0.320 e. The molecule has 0 unspecified atom stereocenters. The van der Waals surface area contributed by atoms with Crippen LogP contribution in [-0.4, -0.2) is 81.2 Å². The highest BCUT2D eigenvalue weighted by Gasteiger charge is 2.27. The second kappa shape index (κ2) is 9.90. The van der Waals surface area contributed by atoms with Gasteiger partial charge in [-0.1, -0.05) is 11.6 Å². The topological polar surface area (TPSA) is 108 Å². The molecule has 0 radical (unpaired) electrons. The molecule has 2 aliphatic heterocycles. The summed E-state index contributed by atoms with van der Waals surface area (Å²) < 4.78 is 18.8. The number of piperidine rings is 1. The number of ether oxygens (including phenoxy) is 1. The molecule has 2 fully saturated rings. The molecule has 0 saturated carbocycles. The Balaban J connectivity index is 1.25. The zero-order valence-corrected chi connectivity index (χ0v) is 19.1. The van der Waals surface area contributed by atoms with Gasteiger partial charge in [-0.3, -0.25) is 0 Å². The zero-order chi connectivity index (χ0) is 23.5. The minimum atomic E-state index is -0.494. The number of likely N-dealkylation sites (tertiary alicyclic amines) is 1. The Labute approximate surface area is 200 Å². The van der Waals surface area contributed by atoms with Crippen molar-refractivity contribution in [3.05, 3.63) is 41.6 Å². The van der Waals surface area contributed by atoms with Crippen LogP contribution in [0, 0.1) is 5.82 Å². The Hall–Kier alpha value is -3.31. The summed E-state index contributed by atoms with van der Waals surface area (Å²) in [5.74, 6) is 0.427. The lowest BCUT2D eigenvalue weighted by atomic mass is 10.1. The predicted molar refractivity (Wildman–Crippen MR) is 126 cm³/mol. The number of carbonyl (C=O) groups is 1. The quantitative estimate of drug-likeness (QED) is 0.578. The van der Waals surface area contributed by atoms with E-state index in [1.807, 2.05) is 9.80 Å². The van der Waals surface area contributed by atoms with Crippen LogP contribution >= 0.6 is 11.6 Å². The molecule has 0 aliphatic carbocycles. The van der Waals surface area contributed by atoms with Crippen molar-refractivity contribution in [2.24, 2.45) is 0 Å². The number of carbonyl (C=O) groups excluding carboxylic acids is 1. The number of anilines is 3. The van der Waals surface area contributed by atoms with Crippen molar-refractivity contribution in [1.82, 2.24) is 29.7 Å². The first-order valence-electron chi connectivity index (χ1n) is 11.1. The number of fused-ring (bicyclic) bond motifs is 1. The summed E-state index contributed by atoms with van der Waals surface area (Å²) in [6.45, 7) is 3.82. The van der Waals surface area contributed by atoms with Gasteiger partial charge in [-0.05, 0) is 31.0 Å². The van der Waals surface area contributed by atoms with Gasteiger partial charge in [0.15, 0.2) is 5.82 Å². The van der Waals surface area contributed by atoms with Gasteiger partial charge in [0, 0.05) is 37.9 Å². The Kier molecular flexibility index (Phi) is 6.54. The number of nitrogens with one attached hydrogen (secondary N) is 2. The van der Waals surface area contributed by atoms with E-state index in [0.29, 0.717) is 67.9 Å². The third kappa shape index (κ3) is 4.95. The van der Waals surface area contributed by atoms with Gasteiger partial charge in [0.1, 0.15) is 23.2 Å². The van der Waals surface area contributed by atoms with Crippen LogP contribution in [0.2, 0.25) is 5.02 Å². The number of urea groups is 1. The third-order valence-electron chi connectivity index (χ3n) is 5.94. The number of halogens is 2. The molecule has 1 aromatic carbocycles. The summed E-state index contributed by atoms with van der Waals surface area (Å²) in [6, 6.07) is 4.56. The average Bonchev–Trinajstić information content (AvgIpc) is 2.87. The smallest absolute Gasteiger partial charge is 0.320 e. The molecule has 0 spiro atoms. The molecule has 2 N–H and O–H groups in total. The molecule has 3 aromatic rings. The van der Waals surface area contributed by atoms with Crippen LogP contribution in [0.3, 0.4) is 0 Å². The molecule has 2 aliphatic rings. The fourth-order valence-electron chi connectivity index (χ4n) is 4.08. The third-order valence-corrected chi connectivity index (χ3v) is 6.23. The van der Waals surface area contributed by atoms with E-state index in [4.69, 9.17) is 16.3 Å². The van der Waals surface area contributed by atoms with Gasteiger partial charge in [-0.2, -0.15) is 0 Å². The number of benzene rings is 1. The fraction of sp³-hybridized carbons (Fsp3) is 0.409. The Morgan fingerprint density at radius 2 is 1.85 bits per heavy atom. The van der Waals surface area contributed by atoms with Gasteiger partial charge < -0.3 is 25.2 Å². The van der Waals surface area contributed by atoms with Gasteiger partial charge in [0.05, 0.1) is 24.4 Å². The number of hydrogen-bond acceptors (Lipinski definition) is 8. The van der Waals surface area contributed by atoms with Crippen LogP contribution in [0.4, 0.5) is 26.6 Å². The van der Waals surface area contributed by atoms with Crippen LogP contribution in [0.25, 0.3) is 11.0 Å². The lowest BCUT2D eigenvalue weighted by molar-refractivity contribution is 0.0414. The van der Waals surface area contributed by atoms with Crippen LogP contribution in [0.1, 0.15) is 12.8 Å². The highest BCUT2D eigenvalue weighted by molar-refractivity contribution is 6.31. The van der Waals surface area contributed by atoms with Gasteiger partial charge in [-0.15, -0.1) is 0 Å². The maximum atomic E-state index is 13.5. The molecular formula is C22H24ClFN8O2. The Morgan fingerprint density at radius 1 is 1.09 bits per heavy atom. The van der Waals surface area contributed by atoms with Crippen LogP contribution in [0.5, 0.6) is 0 Å². The van der Waals surface area contributed by atoms with E-state index in [1.165, 1.54) is 18.5 Å². The molecule has 12 heteroatoms. The van der Waals surface area contributed by atoms with Crippen molar-refractivity contribution in [2.45, 2.75) is 18.9 Å². The minimum absolute atomic E-state index is 0.0128. The number of aromatic nitrogens is 4. The van der Waals surface area contributed by atoms with E-state index in [1.54, 1.807) is 12.3 Å². The van der Waals surface area contributed by atoms with Gasteiger partial charge >= 0.3 is 6.03 Å². The van der Waals surface area contributed by atoms with Crippen molar-refractivity contribution in [3.8, 4) is 0 Å². The lowest BCUT2D eigenvalue weighted by Gasteiger charge is -2.37. The summed E-state index contributed by atoms with van der Waals surface area (Å²) >= 11 is 5.89. The largest absolute Gasteiger partial charge is 0.378 e. The second-order valence-corrected chi connectivity index (χ2v) is 8.60. The van der Waals surface area contributed by atoms with Crippen molar-refractivity contribution in [3.63, 3.8) is 0 Å². The molecular weight excluding hydrogens is 463 g/mol. The molecule has 0 atom stereocenters. The number of amides is 2. The average molecular weight is 487 g/mol. The molecule has 0 bridgehead atoms. The summed E-state index contributed by atoms with van der Waals surface area (Å²) in [5.41, 5.74) is 1.68. The highest BCUT2D eigenvalue weighted by atomic mass is 35.5. The second-order valence-electron chi connectivity index (χ2n) is 8.19. The maximum absolute atomic E-state index is 13.5. The molecule has 2 aromatic heterocycles. The van der Waals surface area contributed by atoms with E-state index in [-0.39, 0.29) is 17.1 Å². The molecule has 2 saturated heterocycles. The summed E-state index contributed by atoms with van der Waals surface area (Å²) in [6.07, 6.45) is 4.63. The first-order chi connectivity index (χ1) is 16.6. The highest BCUT2D eigenvalue weighted by Crippen LogP contribution is 2.25. The Bertz CT molecular complexity index is 1180. The monoisotopic (exact) mass is 486 g/mol. The summed E-state index contributed by atoms with van der Waals surface area (Å²) in [5, 5.41) is 6.50. The number of nitrogens with zero attached hydrogens (tertiary/aromatic N) is 6. The van der Waals surface area contributed by atoms with E-state index < -0.39 is 5.82 Å². The SMILES string of the molecule is O=C(N1CCOCC1)N1CCC(Nc2ncc3ncnc(Nc4ccc(F)c(Cl)c4)c3n2)CC1. The van der Waals surface area contributed by atoms with Crippen molar-refractivity contribution >= 4 is 46.1 Å². The molecule has 10 nitrogen and oxygen atoms in total. The van der Waals surface area contributed by atoms with E-state index in [9.17, 15) is 9.18 Å². The van der Waals surface area contributed by atoms with E-state index in [0.717, 1.165) is 12.8 Å². The van der Waals surface area contributed by atoms with Crippen LogP contribution < -0.4 is 10.6 Å². The molecule has 4 heterocycles. The van der Waals surface area contributed by atoms with Gasteiger partial charge in [0.2, 0.25) is 5.95 Å². The molecule has 178 valence electrons. The summed E-state index contributed by atoms with van der Waals surface area (Å²) in [4.78, 5) is 34.0. The van der Waals surface area contributed by atoms with Crippen molar-refractivity contribution in [2.75, 3.05) is 50.0 Å². The molecule has 34 heavy (non-hydrogen) atoms. The van der Waals surface area contributed by atoms with Crippen LogP contribution in [-0.2, 0) is 4.74 Å². The standard InChI is InChI=1S/C22H24ClFN8O2/c23-16-11-15(1-2-17(16)24)28-20-19-18(26-13-27-20)12-25-21(30-19)29-14-3-5-31(6-4-14)22(33)32-7-9-34-10-8-32/h1-2,11-14H,3-10H2,(H,25,29,30)(H,26,27,28). The first kappa shape index (κ1) is 22.5. The van der Waals surface area contributed by atoms with Gasteiger partial charge in [-0.25, -0.2) is 29.1 Å². The van der Waals surface area contributed by atoms with E-state index in [2.05, 4.69) is 30.6 Å². The lowest BCUT2D eigenvalue weighted by Crippen LogP contribution is -2.51. The van der Waals surface area contributed by atoms with Crippen molar-refractivity contribution in [1.29, 1.82) is 0 Å².